The lowest BCUT2D eigenvalue weighted by atomic mass is 10.1. The summed E-state index contributed by atoms with van der Waals surface area (Å²) in [5.74, 6) is -0.0159. The molecule has 0 atom stereocenters. The number of hydrogen-bond donors (Lipinski definition) is 1. The Balaban J connectivity index is 1.76. The minimum Gasteiger partial charge on any atom is -0.312 e. The van der Waals surface area contributed by atoms with Gasteiger partial charge in [-0.2, -0.15) is 0 Å². The Bertz CT molecular complexity index is 919. The number of ketones is 1. The molecule has 0 radical (unpaired) electrons. The van der Waals surface area contributed by atoms with Crippen LogP contribution in [0, 0.1) is 0 Å². The summed E-state index contributed by atoms with van der Waals surface area (Å²) in [4.78, 5) is 25.0. The Hall–Kier alpha value is -2.67. The van der Waals surface area contributed by atoms with Gasteiger partial charge in [0.2, 0.25) is 5.91 Å². The van der Waals surface area contributed by atoms with Crippen LogP contribution >= 0.6 is 0 Å². The summed E-state index contributed by atoms with van der Waals surface area (Å²) >= 11 is 0. The molecule has 2 aromatic rings. The van der Waals surface area contributed by atoms with Gasteiger partial charge in [-0.15, -0.1) is 0 Å². The predicted octanol–water partition coefficient (Wildman–Crippen LogP) is 3.21. The van der Waals surface area contributed by atoms with Crippen molar-refractivity contribution in [3.05, 3.63) is 54.1 Å². The Morgan fingerprint density at radius 3 is 2.23 bits per heavy atom. The van der Waals surface area contributed by atoms with Crippen molar-refractivity contribution >= 4 is 33.1 Å². The third kappa shape index (κ3) is 3.94. The molecule has 1 saturated heterocycles. The van der Waals surface area contributed by atoms with Gasteiger partial charge in [-0.3, -0.25) is 14.3 Å². The standard InChI is InChI=1S/C19H20N2O4S/c1-14(22)15-5-7-16(8-6-15)20-26(24,25)18-11-9-17(10-12-18)21-13-3-2-4-19(21)23/h5-12,20H,2-4,13H2,1H3. The maximum Gasteiger partial charge on any atom is 0.261 e. The number of piperidine rings is 1. The molecule has 0 unspecified atom stereocenters. The number of nitrogens with one attached hydrogen (secondary N) is 1. The lowest BCUT2D eigenvalue weighted by Gasteiger charge is -2.26. The van der Waals surface area contributed by atoms with Gasteiger partial charge in [0.05, 0.1) is 4.90 Å². The largest absolute Gasteiger partial charge is 0.312 e. The van der Waals surface area contributed by atoms with Crippen LogP contribution in [-0.2, 0) is 14.8 Å². The van der Waals surface area contributed by atoms with Crippen LogP contribution in [0.3, 0.4) is 0 Å². The minimum absolute atomic E-state index is 0.0653. The van der Waals surface area contributed by atoms with Gasteiger partial charge in [0.25, 0.3) is 10.0 Å². The first-order valence-corrected chi connectivity index (χ1v) is 9.89. The monoisotopic (exact) mass is 372 g/mol. The van der Waals surface area contributed by atoms with Crippen LogP contribution in [0.4, 0.5) is 11.4 Å². The zero-order valence-corrected chi connectivity index (χ0v) is 15.3. The Morgan fingerprint density at radius 2 is 1.65 bits per heavy atom. The first-order valence-electron chi connectivity index (χ1n) is 8.41. The van der Waals surface area contributed by atoms with Gasteiger partial charge >= 0.3 is 0 Å². The van der Waals surface area contributed by atoms with Gasteiger partial charge in [-0.1, -0.05) is 0 Å². The minimum atomic E-state index is -3.75. The second-order valence-electron chi connectivity index (χ2n) is 6.24. The molecule has 0 aliphatic carbocycles. The number of nitrogens with zero attached hydrogens (tertiary/aromatic N) is 1. The summed E-state index contributed by atoms with van der Waals surface area (Å²) in [7, 11) is -3.75. The van der Waals surface area contributed by atoms with Gasteiger partial charge in [-0.05, 0) is 68.3 Å². The van der Waals surface area contributed by atoms with Crippen molar-refractivity contribution in [1.29, 1.82) is 0 Å². The highest BCUT2D eigenvalue weighted by Gasteiger charge is 2.21. The fourth-order valence-corrected chi connectivity index (χ4v) is 3.93. The molecule has 0 aromatic heterocycles. The summed E-state index contributed by atoms with van der Waals surface area (Å²) < 4.78 is 27.5. The molecule has 1 heterocycles. The van der Waals surface area contributed by atoms with E-state index in [2.05, 4.69) is 4.72 Å². The zero-order valence-electron chi connectivity index (χ0n) is 14.4. The number of carbonyl (C=O) groups is 2. The van der Waals surface area contributed by atoms with Gasteiger partial charge < -0.3 is 4.90 Å². The first kappa shape index (κ1) is 18.1. The SMILES string of the molecule is CC(=O)c1ccc(NS(=O)(=O)c2ccc(N3CCCCC3=O)cc2)cc1. The van der Waals surface area contributed by atoms with Crippen molar-refractivity contribution in [2.24, 2.45) is 0 Å². The molecule has 2 aromatic carbocycles. The number of Topliss-reactive ketones (excluding diaryl/α,β-unsaturated/α-hetero) is 1. The molecule has 1 fully saturated rings. The number of amides is 1. The molecule has 1 amide bonds. The highest BCUT2D eigenvalue weighted by molar-refractivity contribution is 7.92. The summed E-state index contributed by atoms with van der Waals surface area (Å²) in [6.07, 6.45) is 2.37. The number of hydrogen-bond acceptors (Lipinski definition) is 4. The van der Waals surface area contributed by atoms with Crippen LogP contribution in [0.15, 0.2) is 53.4 Å². The van der Waals surface area contributed by atoms with Crippen molar-refractivity contribution < 1.29 is 18.0 Å². The highest BCUT2D eigenvalue weighted by Crippen LogP contribution is 2.24. The van der Waals surface area contributed by atoms with E-state index in [1.165, 1.54) is 19.1 Å². The van der Waals surface area contributed by atoms with Crippen LogP contribution in [0.5, 0.6) is 0 Å². The normalized spacial score (nSPS) is 15.0. The maximum absolute atomic E-state index is 12.5. The van der Waals surface area contributed by atoms with E-state index in [1.807, 2.05) is 0 Å². The summed E-state index contributed by atoms with van der Waals surface area (Å²) in [5, 5.41) is 0. The van der Waals surface area contributed by atoms with E-state index in [0.717, 1.165) is 12.8 Å². The third-order valence-electron chi connectivity index (χ3n) is 4.33. The Labute approximate surface area is 152 Å². The smallest absolute Gasteiger partial charge is 0.261 e. The van der Waals surface area contributed by atoms with E-state index >= 15 is 0 Å². The maximum atomic E-state index is 12.5. The number of carbonyl (C=O) groups excluding carboxylic acids is 2. The van der Waals surface area contributed by atoms with Crippen molar-refractivity contribution in [1.82, 2.24) is 0 Å². The zero-order chi connectivity index (χ0) is 18.7. The average molecular weight is 372 g/mol. The summed E-state index contributed by atoms with van der Waals surface area (Å²) in [6.45, 7) is 2.11. The molecule has 0 bridgehead atoms. The van der Waals surface area contributed by atoms with Gasteiger partial charge in [0, 0.05) is 29.9 Å². The molecule has 1 aliphatic heterocycles. The van der Waals surface area contributed by atoms with Crippen molar-refractivity contribution in [2.45, 2.75) is 31.1 Å². The van der Waals surface area contributed by atoms with Crippen LogP contribution in [0.2, 0.25) is 0 Å². The Kier molecular flexibility index (Phi) is 5.08. The van der Waals surface area contributed by atoms with Crippen LogP contribution < -0.4 is 9.62 Å². The molecule has 136 valence electrons. The fourth-order valence-electron chi connectivity index (χ4n) is 2.87. The number of benzene rings is 2. The number of rotatable bonds is 5. The topological polar surface area (TPSA) is 83.6 Å². The number of sulfonamides is 1. The van der Waals surface area contributed by atoms with E-state index < -0.39 is 10.0 Å². The van der Waals surface area contributed by atoms with Crippen LogP contribution in [0.1, 0.15) is 36.5 Å². The molecule has 26 heavy (non-hydrogen) atoms. The molecule has 1 aliphatic rings. The van der Waals surface area contributed by atoms with Gasteiger partial charge in [0.1, 0.15) is 0 Å². The lowest BCUT2D eigenvalue weighted by molar-refractivity contribution is -0.119. The average Bonchev–Trinajstić information content (AvgIpc) is 2.62. The van der Waals surface area contributed by atoms with E-state index in [9.17, 15) is 18.0 Å². The van der Waals surface area contributed by atoms with Crippen molar-refractivity contribution in [2.75, 3.05) is 16.2 Å². The second kappa shape index (κ2) is 7.29. The van der Waals surface area contributed by atoms with Crippen molar-refractivity contribution in [3.8, 4) is 0 Å². The van der Waals surface area contributed by atoms with Gasteiger partial charge in [-0.25, -0.2) is 8.42 Å². The predicted molar refractivity (Wildman–Crippen MR) is 99.9 cm³/mol. The van der Waals surface area contributed by atoms with Crippen molar-refractivity contribution in [3.63, 3.8) is 0 Å². The molecule has 3 rings (SSSR count). The summed E-state index contributed by atoms with van der Waals surface area (Å²) in [6, 6.07) is 12.5. The van der Waals surface area contributed by atoms with Crippen LogP contribution in [-0.4, -0.2) is 26.7 Å². The fraction of sp³-hybridized carbons (Fsp3) is 0.263. The highest BCUT2D eigenvalue weighted by atomic mass is 32.2. The molecular weight excluding hydrogens is 352 g/mol. The lowest BCUT2D eigenvalue weighted by Crippen LogP contribution is -2.35. The molecule has 1 N–H and O–H groups in total. The third-order valence-corrected chi connectivity index (χ3v) is 5.72. The number of anilines is 2. The first-order chi connectivity index (χ1) is 12.4. The second-order valence-corrected chi connectivity index (χ2v) is 7.92. The van der Waals surface area contributed by atoms with Gasteiger partial charge in [0.15, 0.2) is 5.78 Å². The molecule has 0 spiro atoms. The molecule has 6 nitrogen and oxygen atoms in total. The van der Waals surface area contributed by atoms with E-state index in [0.29, 0.717) is 29.9 Å². The Morgan fingerprint density at radius 1 is 1.00 bits per heavy atom. The van der Waals surface area contributed by atoms with E-state index in [4.69, 9.17) is 0 Å². The molecular formula is C19H20N2O4S. The van der Waals surface area contributed by atoms with E-state index in [1.54, 1.807) is 41.3 Å². The molecule has 0 saturated carbocycles. The quantitative estimate of drug-likeness (QED) is 0.817. The summed E-state index contributed by atoms with van der Waals surface area (Å²) in [5.41, 5.74) is 1.60. The van der Waals surface area contributed by atoms with E-state index in [-0.39, 0.29) is 16.6 Å². The van der Waals surface area contributed by atoms with Crippen LogP contribution in [0.25, 0.3) is 0 Å². The molecule has 7 heteroatoms.